The zero-order valence-electron chi connectivity index (χ0n) is 21.3. The zero-order chi connectivity index (χ0) is 25.4. The van der Waals surface area contributed by atoms with Gasteiger partial charge in [-0.15, -0.1) is 0 Å². The molecule has 37 heavy (non-hydrogen) atoms. The van der Waals surface area contributed by atoms with Gasteiger partial charge in [-0.25, -0.2) is 0 Å². The van der Waals surface area contributed by atoms with Gasteiger partial charge in [-0.1, -0.05) is 84.9 Å². The second-order valence-electron chi connectivity index (χ2n) is 10.6. The van der Waals surface area contributed by atoms with Crippen molar-refractivity contribution in [2.75, 3.05) is 14.1 Å². The van der Waals surface area contributed by atoms with Crippen LogP contribution in [0, 0.1) is 11.3 Å². The average molecular weight is 478 g/mol. The van der Waals surface area contributed by atoms with Gasteiger partial charge in [-0.2, -0.15) is 5.26 Å². The highest BCUT2D eigenvalue weighted by molar-refractivity contribution is 6.16. The molecule has 2 nitrogen and oxygen atoms in total. The van der Waals surface area contributed by atoms with E-state index in [2.05, 4.69) is 123 Å². The molecule has 0 aliphatic heterocycles. The van der Waals surface area contributed by atoms with Gasteiger partial charge in [0.1, 0.15) is 13.1 Å². The number of nitrogens with zero attached hydrogens (tertiary/aromatic N) is 2. The molecule has 0 spiro atoms. The predicted octanol–water partition coefficient (Wildman–Crippen LogP) is 8.46. The zero-order valence-corrected chi connectivity index (χ0v) is 21.3. The number of hydrogen-bond acceptors (Lipinski definition) is 1. The Morgan fingerprint density at radius 2 is 1.22 bits per heavy atom. The van der Waals surface area contributed by atoms with E-state index in [9.17, 15) is 0 Å². The number of fused-ring (bicyclic) bond motifs is 3. The van der Waals surface area contributed by atoms with Gasteiger partial charge in [-0.3, -0.25) is 0 Å². The standard InChI is InChI=1S/C35H29N2/c1-37(2,23-26-17-15-25(22-36)16-18-26)24-30-12-6-8-14-33(30)35-32-13-7-5-11-29(32)20-31-19-27-9-3-4-10-28(27)21-34(31)35/h3-21H,23-24H2,1-2H3/q+1. The molecule has 0 aromatic heterocycles. The lowest BCUT2D eigenvalue weighted by Crippen LogP contribution is -2.38. The van der Waals surface area contributed by atoms with Crippen molar-refractivity contribution in [2.45, 2.75) is 13.1 Å². The second kappa shape index (κ2) is 9.21. The Morgan fingerprint density at radius 1 is 0.595 bits per heavy atom. The largest absolute Gasteiger partial charge is 0.321 e. The molecule has 0 aliphatic carbocycles. The van der Waals surface area contributed by atoms with E-state index in [0.717, 1.165) is 17.6 Å². The van der Waals surface area contributed by atoms with Crippen LogP contribution in [0.2, 0.25) is 0 Å². The summed E-state index contributed by atoms with van der Waals surface area (Å²) in [7, 11) is 4.56. The van der Waals surface area contributed by atoms with Crippen LogP contribution in [-0.2, 0) is 13.1 Å². The van der Waals surface area contributed by atoms with Crippen LogP contribution in [0.4, 0.5) is 0 Å². The molecule has 0 atom stereocenters. The number of quaternary nitrogens is 1. The first-order valence-corrected chi connectivity index (χ1v) is 12.7. The van der Waals surface area contributed by atoms with E-state index in [1.165, 1.54) is 54.6 Å². The third-order valence-electron chi connectivity index (χ3n) is 7.31. The van der Waals surface area contributed by atoms with Crippen molar-refractivity contribution >= 4 is 32.3 Å². The monoisotopic (exact) mass is 477 g/mol. The first-order chi connectivity index (χ1) is 18.0. The van der Waals surface area contributed by atoms with Crippen molar-refractivity contribution in [1.29, 1.82) is 5.26 Å². The molecule has 6 rings (SSSR count). The SMILES string of the molecule is C[N+](C)(Cc1ccc(C#N)cc1)Cc1ccccc1-c1c2ccccc2cc2cc3ccccc3cc12. The van der Waals surface area contributed by atoms with Crippen molar-refractivity contribution < 1.29 is 4.48 Å². The van der Waals surface area contributed by atoms with Crippen molar-refractivity contribution in [2.24, 2.45) is 0 Å². The summed E-state index contributed by atoms with van der Waals surface area (Å²) in [6.07, 6.45) is 0. The van der Waals surface area contributed by atoms with E-state index in [1.807, 2.05) is 12.1 Å². The number of benzene rings is 6. The number of rotatable bonds is 5. The molecule has 0 fully saturated rings. The lowest BCUT2D eigenvalue weighted by molar-refractivity contribution is -0.916. The molecule has 0 bridgehead atoms. The minimum Gasteiger partial charge on any atom is -0.321 e. The molecule has 0 heterocycles. The summed E-state index contributed by atoms with van der Waals surface area (Å²) in [6, 6.07) is 43.5. The lowest BCUT2D eigenvalue weighted by atomic mass is 9.88. The summed E-state index contributed by atoms with van der Waals surface area (Å²) < 4.78 is 0.814. The fraction of sp³-hybridized carbons (Fsp3) is 0.114. The first-order valence-electron chi connectivity index (χ1n) is 12.7. The van der Waals surface area contributed by atoms with Crippen LogP contribution in [0.3, 0.4) is 0 Å². The van der Waals surface area contributed by atoms with Gasteiger partial charge < -0.3 is 4.48 Å². The van der Waals surface area contributed by atoms with Gasteiger partial charge in [0.25, 0.3) is 0 Å². The topological polar surface area (TPSA) is 23.8 Å². The molecular weight excluding hydrogens is 448 g/mol. The van der Waals surface area contributed by atoms with E-state index < -0.39 is 0 Å². The quantitative estimate of drug-likeness (QED) is 0.180. The Bertz CT molecular complexity index is 1800. The van der Waals surface area contributed by atoms with E-state index in [4.69, 9.17) is 5.26 Å². The molecular formula is C35H29N2+. The fourth-order valence-electron chi connectivity index (χ4n) is 5.65. The molecule has 178 valence electrons. The molecule has 6 aromatic rings. The van der Waals surface area contributed by atoms with Gasteiger partial charge in [-0.05, 0) is 73.8 Å². The van der Waals surface area contributed by atoms with Crippen LogP contribution < -0.4 is 0 Å². The maximum Gasteiger partial charge on any atom is 0.105 e. The summed E-state index contributed by atoms with van der Waals surface area (Å²) in [4.78, 5) is 0. The number of hydrogen-bond donors (Lipinski definition) is 0. The molecule has 0 aliphatic rings. The highest BCUT2D eigenvalue weighted by Gasteiger charge is 2.21. The molecule has 6 aromatic carbocycles. The summed E-state index contributed by atoms with van der Waals surface area (Å²) in [5.74, 6) is 0. The molecule has 0 saturated heterocycles. The minimum absolute atomic E-state index is 0.703. The molecule has 0 amide bonds. The van der Waals surface area contributed by atoms with Gasteiger partial charge in [0.05, 0.1) is 25.7 Å². The molecule has 0 radical (unpaired) electrons. The number of nitriles is 1. The van der Waals surface area contributed by atoms with Crippen LogP contribution in [0.5, 0.6) is 0 Å². The van der Waals surface area contributed by atoms with Gasteiger partial charge in [0, 0.05) is 11.1 Å². The van der Waals surface area contributed by atoms with Crippen molar-refractivity contribution in [3.63, 3.8) is 0 Å². The normalized spacial score (nSPS) is 11.7. The summed E-state index contributed by atoms with van der Waals surface area (Å²) in [5, 5.41) is 16.8. The Labute approximate surface area is 218 Å². The Morgan fingerprint density at radius 3 is 1.97 bits per heavy atom. The highest BCUT2D eigenvalue weighted by Crippen LogP contribution is 2.40. The minimum atomic E-state index is 0.703. The van der Waals surface area contributed by atoms with E-state index in [0.29, 0.717) is 5.56 Å². The fourth-order valence-corrected chi connectivity index (χ4v) is 5.65. The van der Waals surface area contributed by atoms with Crippen LogP contribution in [-0.4, -0.2) is 18.6 Å². The van der Waals surface area contributed by atoms with E-state index in [-0.39, 0.29) is 0 Å². The third-order valence-corrected chi connectivity index (χ3v) is 7.31. The molecule has 0 N–H and O–H groups in total. The summed E-state index contributed by atoms with van der Waals surface area (Å²) in [6.45, 7) is 1.79. The second-order valence-corrected chi connectivity index (χ2v) is 10.6. The molecule has 0 unspecified atom stereocenters. The summed E-state index contributed by atoms with van der Waals surface area (Å²) in [5.41, 5.74) is 5.89. The van der Waals surface area contributed by atoms with Crippen LogP contribution in [0.25, 0.3) is 43.4 Å². The van der Waals surface area contributed by atoms with Crippen LogP contribution >= 0.6 is 0 Å². The maximum atomic E-state index is 9.15. The lowest BCUT2D eigenvalue weighted by Gasteiger charge is -2.31. The van der Waals surface area contributed by atoms with Crippen molar-refractivity contribution in [1.82, 2.24) is 0 Å². The van der Waals surface area contributed by atoms with Gasteiger partial charge in [0.15, 0.2) is 0 Å². The smallest absolute Gasteiger partial charge is 0.105 e. The first kappa shape index (κ1) is 23.0. The van der Waals surface area contributed by atoms with Crippen molar-refractivity contribution in [3.05, 3.63) is 132 Å². The third kappa shape index (κ3) is 4.47. The Hall–Kier alpha value is -4.45. The Balaban J connectivity index is 1.50. The van der Waals surface area contributed by atoms with Crippen molar-refractivity contribution in [3.8, 4) is 17.2 Å². The molecule has 2 heteroatoms. The summed E-state index contributed by atoms with van der Waals surface area (Å²) >= 11 is 0. The van der Waals surface area contributed by atoms with E-state index >= 15 is 0 Å². The van der Waals surface area contributed by atoms with Crippen LogP contribution in [0.1, 0.15) is 16.7 Å². The molecule has 0 saturated carbocycles. The highest BCUT2D eigenvalue weighted by atomic mass is 15.3. The predicted molar refractivity (Wildman–Crippen MR) is 155 cm³/mol. The van der Waals surface area contributed by atoms with E-state index in [1.54, 1.807) is 0 Å². The van der Waals surface area contributed by atoms with Crippen LogP contribution in [0.15, 0.2) is 115 Å². The van der Waals surface area contributed by atoms with Gasteiger partial charge in [0.2, 0.25) is 0 Å². The average Bonchev–Trinajstić information content (AvgIpc) is 2.91. The maximum absolute atomic E-state index is 9.15. The van der Waals surface area contributed by atoms with Gasteiger partial charge >= 0.3 is 0 Å². The Kier molecular flexibility index (Phi) is 5.72.